The van der Waals surface area contributed by atoms with Gasteiger partial charge in [0.05, 0.1) is 5.56 Å². The number of ether oxygens (including phenoxy) is 1. The number of hydrogen-bond donors (Lipinski definition) is 1. The summed E-state index contributed by atoms with van der Waals surface area (Å²) in [7, 11) is 1.60. The van der Waals surface area contributed by atoms with Gasteiger partial charge in [0.15, 0.2) is 6.61 Å². The van der Waals surface area contributed by atoms with Crippen molar-refractivity contribution < 1.29 is 14.3 Å². The maximum Gasteiger partial charge on any atom is 0.260 e. The van der Waals surface area contributed by atoms with Crippen LogP contribution < -0.4 is 15.0 Å². The third-order valence-electron chi connectivity index (χ3n) is 4.37. The minimum absolute atomic E-state index is 0.00864. The number of nitrogens with zero attached hydrogens (tertiary/aromatic N) is 3. The number of halogens is 1. The molecule has 1 aliphatic rings. The molecule has 1 saturated heterocycles. The molecule has 8 heteroatoms. The van der Waals surface area contributed by atoms with E-state index in [1.54, 1.807) is 30.3 Å². The Balaban J connectivity index is 1.55. The molecule has 2 heterocycles. The molecule has 1 aliphatic heterocycles. The van der Waals surface area contributed by atoms with Crippen molar-refractivity contribution in [3.05, 3.63) is 52.6 Å². The van der Waals surface area contributed by atoms with Gasteiger partial charge in [0.2, 0.25) is 0 Å². The maximum absolute atomic E-state index is 12.4. The van der Waals surface area contributed by atoms with Crippen LogP contribution in [-0.2, 0) is 4.79 Å². The summed E-state index contributed by atoms with van der Waals surface area (Å²) < 4.78 is 6.52. The van der Waals surface area contributed by atoms with Crippen LogP contribution in [0, 0.1) is 0 Å². The molecule has 7 nitrogen and oxygen atoms in total. The highest BCUT2D eigenvalue weighted by molar-refractivity contribution is 9.10. The summed E-state index contributed by atoms with van der Waals surface area (Å²) in [6.45, 7) is 2.36. The van der Waals surface area contributed by atoms with Crippen LogP contribution in [0.5, 0.6) is 5.75 Å². The Bertz CT molecular complexity index is 805. The second-order valence-electron chi connectivity index (χ2n) is 6.06. The molecule has 2 aromatic rings. The molecule has 0 bridgehead atoms. The van der Waals surface area contributed by atoms with Crippen molar-refractivity contribution >= 4 is 33.6 Å². The highest BCUT2D eigenvalue weighted by Gasteiger charge is 2.24. The number of pyridine rings is 1. The maximum atomic E-state index is 12.4. The number of amides is 2. The zero-order chi connectivity index (χ0) is 19.2. The predicted molar refractivity (Wildman–Crippen MR) is 106 cm³/mol. The van der Waals surface area contributed by atoms with E-state index in [-0.39, 0.29) is 18.4 Å². The number of anilines is 1. The van der Waals surface area contributed by atoms with Crippen LogP contribution in [0.1, 0.15) is 10.4 Å². The Kier molecular flexibility index (Phi) is 6.28. The van der Waals surface area contributed by atoms with Gasteiger partial charge in [-0.05, 0) is 36.4 Å². The topological polar surface area (TPSA) is 74.8 Å². The van der Waals surface area contributed by atoms with E-state index >= 15 is 0 Å². The van der Waals surface area contributed by atoms with Crippen molar-refractivity contribution in [1.29, 1.82) is 0 Å². The minimum atomic E-state index is -0.167. The number of benzene rings is 1. The second kappa shape index (κ2) is 8.85. The predicted octanol–water partition coefficient (Wildman–Crippen LogP) is 1.93. The monoisotopic (exact) mass is 432 g/mol. The van der Waals surface area contributed by atoms with Crippen LogP contribution in [0.4, 0.5) is 5.82 Å². The first-order valence-electron chi connectivity index (χ1n) is 8.66. The Morgan fingerprint density at radius 1 is 1.15 bits per heavy atom. The van der Waals surface area contributed by atoms with Gasteiger partial charge in [-0.15, -0.1) is 0 Å². The third-order valence-corrected chi connectivity index (χ3v) is 4.89. The standard InChI is InChI=1S/C19H21BrN4O3/c1-21-19(26)16-3-2-8-22-18(16)24-11-9-23(10-12-24)17(25)13-27-15-6-4-14(20)5-7-15/h2-8H,9-13H2,1H3,(H,21,26). The number of aromatic nitrogens is 1. The van der Waals surface area contributed by atoms with Crippen LogP contribution in [0.25, 0.3) is 0 Å². The highest BCUT2D eigenvalue weighted by atomic mass is 79.9. The smallest absolute Gasteiger partial charge is 0.260 e. The molecule has 2 amide bonds. The van der Waals surface area contributed by atoms with Crippen LogP contribution in [-0.4, -0.2) is 61.5 Å². The number of nitrogens with one attached hydrogen (secondary N) is 1. The highest BCUT2D eigenvalue weighted by Crippen LogP contribution is 2.19. The fourth-order valence-corrected chi connectivity index (χ4v) is 3.16. The Morgan fingerprint density at radius 3 is 2.52 bits per heavy atom. The van der Waals surface area contributed by atoms with Crippen molar-refractivity contribution in [2.24, 2.45) is 0 Å². The molecule has 0 atom stereocenters. The molecular formula is C19H21BrN4O3. The van der Waals surface area contributed by atoms with E-state index in [1.165, 1.54) is 0 Å². The summed E-state index contributed by atoms with van der Waals surface area (Å²) in [5, 5.41) is 2.63. The minimum Gasteiger partial charge on any atom is -0.484 e. The molecule has 1 fully saturated rings. The molecule has 0 spiro atoms. The molecule has 3 rings (SSSR count). The largest absolute Gasteiger partial charge is 0.484 e. The number of rotatable bonds is 5. The van der Waals surface area contributed by atoms with Crippen LogP contribution in [0.3, 0.4) is 0 Å². The molecule has 1 N–H and O–H groups in total. The van der Waals surface area contributed by atoms with Gasteiger partial charge in [0.25, 0.3) is 11.8 Å². The Hall–Kier alpha value is -2.61. The summed E-state index contributed by atoms with van der Waals surface area (Å²) in [5.41, 5.74) is 0.540. The molecule has 0 radical (unpaired) electrons. The summed E-state index contributed by atoms with van der Waals surface area (Å²) in [6, 6.07) is 10.9. The van der Waals surface area contributed by atoms with E-state index in [4.69, 9.17) is 4.74 Å². The van der Waals surface area contributed by atoms with Crippen molar-refractivity contribution in [2.75, 3.05) is 44.7 Å². The Morgan fingerprint density at radius 2 is 1.85 bits per heavy atom. The van der Waals surface area contributed by atoms with Crippen molar-refractivity contribution in [1.82, 2.24) is 15.2 Å². The van der Waals surface area contributed by atoms with Crippen LogP contribution in [0.15, 0.2) is 47.1 Å². The van der Waals surface area contributed by atoms with Crippen LogP contribution in [0.2, 0.25) is 0 Å². The van der Waals surface area contributed by atoms with E-state index < -0.39 is 0 Å². The first kappa shape index (κ1) is 19.2. The van der Waals surface area contributed by atoms with Gasteiger partial charge in [-0.25, -0.2) is 4.98 Å². The van der Waals surface area contributed by atoms with Gasteiger partial charge < -0.3 is 19.9 Å². The Labute approximate surface area is 166 Å². The quantitative estimate of drug-likeness (QED) is 0.780. The van der Waals surface area contributed by atoms with Gasteiger partial charge in [-0.1, -0.05) is 15.9 Å². The van der Waals surface area contributed by atoms with E-state index in [0.29, 0.717) is 43.3 Å². The molecule has 0 saturated carbocycles. The molecule has 0 aliphatic carbocycles. The van der Waals surface area contributed by atoms with Gasteiger partial charge in [-0.2, -0.15) is 0 Å². The summed E-state index contributed by atoms with van der Waals surface area (Å²) in [4.78, 5) is 32.6. The lowest BCUT2D eigenvalue weighted by molar-refractivity contribution is -0.133. The van der Waals surface area contributed by atoms with Crippen molar-refractivity contribution in [2.45, 2.75) is 0 Å². The zero-order valence-electron chi connectivity index (χ0n) is 15.0. The third kappa shape index (κ3) is 4.77. The van der Waals surface area contributed by atoms with Gasteiger partial charge in [0, 0.05) is 43.9 Å². The van der Waals surface area contributed by atoms with E-state index in [1.807, 2.05) is 29.2 Å². The number of hydrogen-bond acceptors (Lipinski definition) is 5. The van der Waals surface area contributed by atoms with E-state index in [9.17, 15) is 9.59 Å². The van der Waals surface area contributed by atoms with E-state index in [0.717, 1.165) is 4.47 Å². The number of piperazine rings is 1. The second-order valence-corrected chi connectivity index (χ2v) is 6.98. The van der Waals surface area contributed by atoms with Crippen molar-refractivity contribution in [3.8, 4) is 5.75 Å². The number of carbonyl (C=O) groups excluding carboxylic acids is 2. The fourth-order valence-electron chi connectivity index (χ4n) is 2.90. The normalized spacial score (nSPS) is 14.0. The average Bonchev–Trinajstić information content (AvgIpc) is 2.72. The first-order chi connectivity index (χ1) is 13.1. The van der Waals surface area contributed by atoms with Gasteiger partial charge in [0.1, 0.15) is 11.6 Å². The lowest BCUT2D eigenvalue weighted by atomic mass is 10.2. The van der Waals surface area contributed by atoms with Crippen LogP contribution >= 0.6 is 15.9 Å². The summed E-state index contributed by atoms with van der Waals surface area (Å²) in [5.74, 6) is 1.09. The van der Waals surface area contributed by atoms with Gasteiger partial charge >= 0.3 is 0 Å². The summed E-state index contributed by atoms with van der Waals surface area (Å²) >= 11 is 3.37. The zero-order valence-corrected chi connectivity index (χ0v) is 16.6. The van der Waals surface area contributed by atoms with E-state index in [2.05, 4.69) is 26.2 Å². The average molecular weight is 433 g/mol. The van der Waals surface area contributed by atoms with Gasteiger partial charge in [-0.3, -0.25) is 9.59 Å². The lowest BCUT2D eigenvalue weighted by Gasteiger charge is -2.36. The molecule has 1 aromatic carbocycles. The summed E-state index contributed by atoms with van der Waals surface area (Å²) in [6.07, 6.45) is 1.67. The molecule has 142 valence electrons. The lowest BCUT2D eigenvalue weighted by Crippen LogP contribution is -2.50. The fraction of sp³-hybridized carbons (Fsp3) is 0.316. The number of carbonyl (C=O) groups is 2. The first-order valence-corrected chi connectivity index (χ1v) is 9.46. The molecular weight excluding hydrogens is 412 g/mol. The SMILES string of the molecule is CNC(=O)c1cccnc1N1CCN(C(=O)COc2ccc(Br)cc2)CC1. The molecule has 1 aromatic heterocycles. The molecule has 0 unspecified atom stereocenters. The van der Waals surface area contributed by atoms with Crippen molar-refractivity contribution in [3.63, 3.8) is 0 Å². The molecule has 27 heavy (non-hydrogen) atoms.